The summed E-state index contributed by atoms with van der Waals surface area (Å²) >= 11 is 0. The first kappa shape index (κ1) is 13.6. The van der Waals surface area contributed by atoms with Gasteiger partial charge in [0.2, 0.25) is 11.9 Å². The van der Waals surface area contributed by atoms with Gasteiger partial charge in [0, 0.05) is 26.2 Å². The van der Waals surface area contributed by atoms with E-state index in [-0.39, 0.29) is 5.95 Å². The van der Waals surface area contributed by atoms with E-state index in [0.717, 1.165) is 26.2 Å². The topological polar surface area (TPSA) is 126 Å². The average Bonchev–Trinajstić information content (AvgIpc) is 3.04. The Bertz CT molecular complexity index is 575. The predicted octanol–water partition coefficient (Wildman–Crippen LogP) is -1.69. The van der Waals surface area contributed by atoms with Crippen molar-refractivity contribution in [1.29, 1.82) is 0 Å². The number of anilines is 2. The summed E-state index contributed by atoms with van der Waals surface area (Å²) in [5.74, 6) is 6.40. The van der Waals surface area contributed by atoms with Crippen LogP contribution in [0.4, 0.5) is 11.9 Å². The lowest BCUT2D eigenvalue weighted by Gasteiger charge is -2.32. The van der Waals surface area contributed by atoms with Crippen molar-refractivity contribution < 1.29 is 0 Å². The number of rotatable bonds is 4. The Labute approximate surface area is 121 Å². The molecule has 11 heteroatoms. The Hall–Kier alpha value is -2.37. The molecule has 0 aliphatic carbocycles. The van der Waals surface area contributed by atoms with Crippen molar-refractivity contribution in [3.8, 4) is 5.95 Å². The Kier molecular flexibility index (Phi) is 3.85. The Morgan fingerprint density at radius 2 is 1.86 bits per heavy atom. The number of piperazine rings is 1. The third-order valence-electron chi connectivity index (χ3n) is 3.14. The lowest BCUT2D eigenvalue weighted by atomic mass is 10.4. The highest BCUT2D eigenvalue weighted by Crippen LogP contribution is 2.09. The molecule has 0 amide bonds. The summed E-state index contributed by atoms with van der Waals surface area (Å²) in [6.45, 7) is 3.73. The molecule has 4 N–H and O–H groups in total. The van der Waals surface area contributed by atoms with E-state index in [1.165, 1.54) is 17.3 Å². The molecule has 11 nitrogen and oxygen atoms in total. The molecule has 0 bridgehead atoms. The molecule has 0 atom stereocenters. The largest absolute Gasteiger partial charge is 0.304 e. The van der Waals surface area contributed by atoms with Gasteiger partial charge in [0.15, 0.2) is 0 Å². The van der Waals surface area contributed by atoms with Crippen molar-refractivity contribution in [2.24, 2.45) is 5.84 Å². The molecule has 1 saturated heterocycles. The van der Waals surface area contributed by atoms with Crippen LogP contribution in [0, 0.1) is 0 Å². The van der Waals surface area contributed by atoms with Crippen molar-refractivity contribution in [3.05, 3.63) is 12.7 Å². The Morgan fingerprint density at radius 3 is 2.52 bits per heavy atom. The van der Waals surface area contributed by atoms with Crippen LogP contribution in [0.25, 0.3) is 5.95 Å². The summed E-state index contributed by atoms with van der Waals surface area (Å²) in [6, 6.07) is 0. The fourth-order valence-electron chi connectivity index (χ4n) is 1.95. The van der Waals surface area contributed by atoms with Gasteiger partial charge in [-0.3, -0.25) is 10.9 Å². The third-order valence-corrected chi connectivity index (χ3v) is 3.14. The maximum atomic E-state index is 5.40. The Morgan fingerprint density at radius 1 is 1.10 bits per heavy atom. The van der Waals surface area contributed by atoms with Crippen molar-refractivity contribution in [2.75, 3.05) is 44.1 Å². The van der Waals surface area contributed by atoms with Crippen molar-refractivity contribution in [2.45, 2.75) is 0 Å². The van der Waals surface area contributed by atoms with Gasteiger partial charge in [0.1, 0.15) is 12.7 Å². The highest BCUT2D eigenvalue weighted by atomic mass is 15.6. The smallest absolute Gasteiger partial charge is 0.258 e. The van der Waals surface area contributed by atoms with Crippen molar-refractivity contribution in [1.82, 2.24) is 39.6 Å². The number of nitrogens with zero attached hydrogens (tertiary/aromatic N) is 8. The monoisotopic (exact) mass is 291 g/mol. The number of nitrogens with two attached hydrogens (primary N) is 1. The number of hydrogen-bond donors (Lipinski definition) is 3. The molecule has 2 aromatic rings. The highest BCUT2D eigenvalue weighted by molar-refractivity contribution is 5.36. The number of nitrogens with one attached hydrogen (secondary N) is 2. The minimum atomic E-state index is 0.257. The second-order valence-electron chi connectivity index (χ2n) is 4.67. The SMILES string of the molecule is CN1CCN(Nc2nc(NN)nc(-n3cncn3)n2)CC1. The predicted molar refractivity (Wildman–Crippen MR) is 75.2 cm³/mol. The average molecular weight is 291 g/mol. The molecule has 21 heavy (non-hydrogen) atoms. The molecule has 0 aromatic carbocycles. The minimum Gasteiger partial charge on any atom is -0.304 e. The quantitative estimate of drug-likeness (QED) is 0.443. The van der Waals surface area contributed by atoms with Crippen molar-refractivity contribution >= 4 is 11.9 Å². The molecular formula is C10H17N11. The van der Waals surface area contributed by atoms with Crippen LogP contribution < -0.4 is 16.7 Å². The molecule has 0 saturated carbocycles. The van der Waals surface area contributed by atoms with Crippen LogP contribution in [-0.2, 0) is 0 Å². The fourth-order valence-corrected chi connectivity index (χ4v) is 1.95. The van der Waals surface area contributed by atoms with E-state index in [1.807, 2.05) is 0 Å². The Balaban J connectivity index is 1.79. The van der Waals surface area contributed by atoms with E-state index in [4.69, 9.17) is 5.84 Å². The van der Waals surface area contributed by atoms with Crippen LogP contribution in [0.15, 0.2) is 12.7 Å². The molecule has 3 heterocycles. The lowest BCUT2D eigenvalue weighted by Crippen LogP contribution is -2.47. The molecule has 0 spiro atoms. The molecule has 1 aliphatic heterocycles. The van der Waals surface area contributed by atoms with Crippen LogP contribution in [0.1, 0.15) is 0 Å². The van der Waals surface area contributed by atoms with Gasteiger partial charge in [-0.2, -0.15) is 24.7 Å². The van der Waals surface area contributed by atoms with E-state index in [2.05, 4.69) is 52.8 Å². The number of aromatic nitrogens is 6. The first-order valence-electron chi connectivity index (χ1n) is 6.52. The summed E-state index contributed by atoms with van der Waals surface area (Å²) in [6.07, 6.45) is 2.92. The lowest BCUT2D eigenvalue weighted by molar-refractivity contribution is 0.178. The molecule has 2 aromatic heterocycles. The van der Waals surface area contributed by atoms with Gasteiger partial charge in [-0.1, -0.05) is 0 Å². The summed E-state index contributed by atoms with van der Waals surface area (Å²) in [4.78, 5) is 18.8. The van der Waals surface area contributed by atoms with E-state index in [1.54, 1.807) is 0 Å². The third kappa shape index (κ3) is 3.21. The van der Waals surface area contributed by atoms with E-state index >= 15 is 0 Å². The van der Waals surface area contributed by atoms with Gasteiger partial charge in [-0.25, -0.2) is 15.8 Å². The molecule has 1 aliphatic rings. The normalized spacial score (nSPS) is 16.9. The van der Waals surface area contributed by atoms with Gasteiger partial charge in [-0.05, 0) is 7.05 Å². The van der Waals surface area contributed by atoms with Gasteiger partial charge >= 0.3 is 0 Å². The summed E-state index contributed by atoms with van der Waals surface area (Å²) < 4.78 is 1.44. The number of nitrogen functional groups attached to an aromatic ring is 1. The molecule has 3 rings (SSSR count). The van der Waals surface area contributed by atoms with Gasteiger partial charge in [-0.15, -0.1) is 0 Å². The van der Waals surface area contributed by atoms with Crippen LogP contribution >= 0.6 is 0 Å². The zero-order chi connectivity index (χ0) is 14.7. The molecule has 0 radical (unpaired) electrons. The second kappa shape index (κ2) is 5.95. The fraction of sp³-hybridized carbons (Fsp3) is 0.500. The second-order valence-corrected chi connectivity index (χ2v) is 4.67. The van der Waals surface area contributed by atoms with Gasteiger partial charge < -0.3 is 4.90 Å². The minimum absolute atomic E-state index is 0.257. The molecule has 1 fully saturated rings. The number of hydrogen-bond acceptors (Lipinski definition) is 10. The van der Waals surface area contributed by atoms with E-state index in [0.29, 0.717) is 11.9 Å². The zero-order valence-corrected chi connectivity index (χ0v) is 11.6. The van der Waals surface area contributed by atoms with E-state index in [9.17, 15) is 0 Å². The van der Waals surface area contributed by atoms with Crippen molar-refractivity contribution in [3.63, 3.8) is 0 Å². The summed E-state index contributed by atoms with van der Waals surface area (Å²) in [5.41, 5.74) is 5.59. The first-order valence-corrected chi connectivity index (χ1v) is 6.52. The van der Waals surface area contributed by atoms with Gasteiger partial charge in [0.25, 0.3) is 5.95 Å². The molecular weight excluding hydrogens is 274 g/mol. The highest BCUT2D eigenvalue weighted by Gasteiger charge is 2.16. The standard InChI is InChI=1S/C10H17N11/c1-19-2-4-20(5-3-19)18-9-14-8(17-11)15-10(16-9)21-7-12-6-13-21/h6-7H,2-5,11H2,1H3,(H2,14,15,16,17,18). The summed E-state index contributed by atoms with van der Waals surface area (Å²) in [5, 5.41) is 6.05. The van der Waals surface area contributed by atoms with E-state index < -0.39 is 0 Å². The zero-order valence-electron chi connectivity index (χ0n) is 11.6. The van der Waals surface area contributed by atoms with Gasteiger partial charge in [0.05, 0.1) is 0 Å². The van der Waals surface area contributed by atoms with Crippen LogP contribution in [0.5, 0.6) is 0 Å². The number of likely N-dealkylation sites (N-methyl/N-ethyl adjacent to an activating group) is 1. The maximum Gasteiger partial charge on any atom is 0.258 e. The maximum absolute atomic E-state index is 5.40. The van der Waals surface area contributed by atoms with Crippen LogP contribution in [-0.4, -0.2) is 72.9 Å². The molecule has 0 unspecified atom stereocenters. The number of hydrazine groups is 2. The molecule has 112 valence electrons. The first-order chi connectivity index (χ1) is 10.2. The van der Waals surface area contributed by atoms with Crippen LogP contribution in [0.2, 0.25) is 0 Å². The van der Waals surface area contributed by atoms with Crippen LogP contribution in [0.3, 0.4) is 0 Å². The summed E-state index contributed by atoms with van der Waals surface area (Å²) in [7, 11) is 2.10.